The van der Waals surface area contributed by atoms with E-state index in [1.807, 2.05) is 24.3 Å². The zero-order valence-electron chi connectivity index (χ0n) is 21.2. The van der Waals surface area contributed by atoms with E-state index < -0.39 is 36.1 Å². The molecule has 3 aromatic carbocycles. The highest BCUT2D eigenvalue weighted by Gasteiger charge is 2.33. The van der Waals surface area contributed by atoms with Crippen molar-refractivity contribution in [2.75, 3.05) is 11.9 Å². The molecular formula is C28H27F3N4O4. The van der Waals surface area contributed by atoms with E-state index in [1.165, 1.54) is 36.0 Å². The molecule has 8 nitrogen and oxygen atoms in total. The van der Waals surface area contributed by atoms with Crippen molar-refractivity contribution in [1.82, 2.24) is 10.7 Å². The number of benzene rings is 3. The SMILES string of the molecule is CC(C)c1ccc(CNC(=O)C(=O)N/N=C\c2cccc(OCC(=O)Nc3ccccc3C(F)(F)F)c2)cc1. The van der Waals surface area contributed by atoms with Gasteiger partial charge in [-0.1, -0.05) is 62.4 Å². The second kappa shape index (κ2) is 13.2. The second-order valence-corrected chi connectivity index (χ2v) is 8.73. The lowest BCUT2D eigenvalue weighted by molar-refractivity contribution is -0.139. The molecule has 204 valence electrons. The van der Waals surface area contributed by atoms with Crippen LogP contribution in [0, 0.1) is 0 Å². The van der Waals surface area contributed by atoms with Crippen LogP contribution in [0.3, 0.4) is 0 Å². The number of para-hydroxylation sites is 1. The Morgan fingerprint density at radius 2 is 1.67 bits per heavy atom. The minimum atomic E-state index is -4.62. The third-order valence-electron chi connectivity index (χ3n) is 5.42. The van der Waals surface area contributed by atoms with Crippen molar-refractivity contribution in [3.8, 4) is 5.75 Å². The number of nitrogens with one attached hydrogen (secondary N) is 3. The fourth-order valence-corrected chi connectivity index (χ4v) is 3.36. The van der Waals surface area contributed by atoms with E-state index in [9.17, 15) is 27.6 Å². The molecule has 0 aliphatic rings. The van der Waals surface area contributed by atoms with Gasteiger partial charge < -0.3 is 15.4 Å². The molecule has 39 heavy (non-hydrogen) atoms. The average molecular weight is 541 g/mol. The Kier molecular flexibility index (Phi) is 9.80. The first-order valence-electron chi connectivity index (χ1n) is 11.9. The van der Waals surface area contributed by atoms with Crippen LogP contribution in [0.5, 0.6) is 5.75 Å². The van der Waals surface area contributed by atoms with Crippen molar-refractivity contribution in [2.24, 2.45) is 5.10 Å². The zero-order valence-corrected chi connectivity index (χ0v) is 21.2. The Labute approximate surface area is 223 Å². The number of anilines is 1. The molecule has 3 rings (SSSR count). The average Bonchev–Trinajstić information content (AvgIpc) is 2.90. The van der Waals surface area contributed by atoms with Crippen molar-refractivity contribution in [3.05, 3.63) is 95.1 Å². The Hall–Kier alpha value is -4.67. The molecule has 0 unspecified atom stereocenters. The molecule has 0 fully saturated rings. The summed E-state index contributed by atoms with van der Waals surface area (Å²) in [7, 11) is 0. The third kappa shape index (κ3) is 8.99. The van der Waals surface area contributed by atoms with Crippen LogP contribution in [0.15, 0.2) is 77.9 Å². The van der Waals surface area contributed by atoms with Gasteiger partial charge in [-0.2, -0.15) is 18.3 Å². The van der Waals surface area contributed by atoms with Crippen molar-refractivity contribution in [1.29, 1.82) is 0 Å². The van der Waals surface area contributed by atoms with Crippen molar-refractivity contribution in [2.45, 2.75) is 32.5 Å². The van der Waals surface area contributed by atoms with Gasteiger partial charge in [-0.05, 0) is 46.9 Å². The van der Waals surface area contributed by atoms with Crippen LogP contribution in [0.25, 0.3) is 0 Å². The number of hydrogen-bond acceptors (Lipinski definition) is 5. The fourth-order valence-electron chi connectivity index (χ4n) is 3.36. The summed E-state index contributed by atoms with van der Waals surface area (Å²) >= 11 is 0. The molecule has 3 N–H and O–H groups in total. The predicted octanol–water partition coefficient (Wildman–Crippen LogP) is 4.61. The topological polar surface area (TPSA) is 109 Å². The number of carbonyl (C=O) groups excluding carboxylic acids is 3. The van der Waals surface area contributed by atoms with E-state index in [0.29, 0.717) is 11.5 Å². The number of halogens is 3. The molecule has 3 aromatic rings. The molecule has 3 amide bonds. The summed E-state index contributed by atoms with van der Waals surface area (Å²) < 4.78 is 44.6. The number of hydrogen-bond donors (Lipinski definition) is 3. The van der Waals surface area contributed by atoms with E-state index in [2.05, 4.69) is 35.0 Å². The molecule has 0 aliphatic heterocycles. The van der Waals surface area contributed by atoms with E-state index in [4.69, 9.17) is 4.74 Å². The number of alkyl halides is 3. The largest absolute Gasteiger partial charge is 0.484 e. The van der Waals surface area contributed by atoms with E-state index in [1.54, 1.807) is 12.1 Å². The molecule has 0 radical (unpaired) electrons. The highest BCUT2D eigenvalue weighted by molar-refractivity contribution is 6.35. The summed E-state index contributed by atoms with van der Waals surface area (Å²) in [4.78, 5) is 36.2. The first-order valence-corrected chi connectivity index (χ1v) is 11.9. The zero-order chi connectivity index (χ0) is 28.4. The van der Waals surface area contributed by atoms with Crippen LogP contribution in [-0.4, -0.2) is 30.5 Å². The van der Waals surface area contributed by atoms with Gasteiger partial charge in [0.2, 0.25) is 0 Å². The Morgan fingerprint density at radius 3 is 2.36 bits per heavy atom. The lowest BCUT2D eigenvalue weighted by atomic mass is 10.0. The van der Waals surface area contributed by atoms with Crippen molar-refractivity contribution in [3.63, 3.8) is 0 Å². The van der Waals surface area contributed by atoms with Crippen LogP contribution >= 0.6 is 0 Å². The third-order valence-corrected chi connectivity index (χ3v) is 5.42. The van der Waals surface area contributed by atoms with Gasteiger partial charge in [0.15, 0.2) is 6.61 Å². The van der Waals surface area contributed by atoms with Gasteiger partial charge in [0.05, 0.1) is 17.5 Å². The predicted molar refractivity (Wildman–Crippen MR) is 140 cm³/mol. The molecule has 11 heteroatoms. The number of rotatable bonds is 9. The maximum atomic E-state index is 13.1. The van der Waals surface area contributed by atoms with Gasteiger partial charge in [0, 0.05) is 6.54 Å². The van der Waals surface area contributed by atoms with Crippen molar-refractivity contribution < 1.29 is 32.3 Å². The molecule has 0 saturated heterocycles. The Morgan fingerprint density at radius 1 is 0.949 bits per heavy atom. The fraction of sp³-hybridized carbons (Fsp3) is 0.214. The highest BCUT2D eigenvalue weighted by atomic mass is 19.4. The molecule has 0 aromatic heterocycles. The second-order valence-electron chi connectivity index (χ2n) is 8.73. The number of hydrazone groups is 1. The molecule has 0 aliphatic carbocycles. The molecule has 0 heterocycles. The summed E-state index contributed by atoms with van der Waals surface area (Å²) in [5.74, 6) is -1.95. The lowest BCUT2D eigenvalue weighted by Gasteiger charge is -2.13. The van der Waals surface area contributed by atoms with Gasteiger partial charge in [-0.15, -0.1) is 0 Å². The monoisotopic (exact) mass is 540 g/mol. The minimum absolute atomic E-state index is 0.184. The number of carbonyl (C=O) groups is 3. The van der Waals surface area contributed by atoms with Crippen LogP contribution < -0.4 is 20.8 Å². The summed E-state index contributed by atoms with van der Waals surface area (Å²) in [5.41, 5.74) is 3.28. The number of ether oxygens (including phenoxy) is 1. The maximum Gasteiger partial charge on any atom is 0.418 e. The van der Waals surface area contributed by atoms with Gasteiger partial charge in [0.1, 0.15) is 5.75 Å². The first kappa shape index (κ1) is 28.9. The van der Waals surface area contributed by atoms with E-state index in [0.717, 1.165) is 17.7 Å². The van der Waals surface area contributed by atoms with Gasteiger partial charge in [0.25, 0.3) is 5.91 Å². The van der Waals surface area contributed by atoms with E-state index in [-0.39, 0.29) is 18.0 Å². The summed E-state index contributed by atoms with van der Waals surface area (Å²) in [6.07, 6.45) is -3.35. The first-order chi connectivity index (χ1) is 18.5. The van der Waals surface area contributed by atoms with Gasteiger partial charge >= 0.3 is 18.0 Å². The van der Waals surface area contributed by atoms with Gasteiger partial charge in [-0.3, -0.25) is 14.4 Å². The van der Waals surface area contributed by atoms with Crippen LogP contribution in [0.4, 0.5) is 18.9 Å². The summed E-state index contributed by atoms with van der Waals surface area (Å²) in [5, 5.41) is 8.45. The van der Waals surface area contributed by atoms with Crippen LogP contribution in [0.1, 0.15) is 42.0 Å². The normalized spacial score (nSPS) is 11.3. The Balaban J connectivity index is 1.46. The minimum Gasteiger partial charge on any atom is -0.484 e. The van der Waals surface area contributed by atoms with Crippen LogP contribution in [0.2, 0.25) is 0 Å². The van der Waals surface area contributed by atoms with Crippen LogP contribution in [-0.2, 0) is 27.1 Å². The van der Waals surface area contributed by atoms with Crippen molar-refractivity contribution >= 4 is 29.6 Å². The molecule has 0 saturated carbocycles. The lowest BCUT2D eigenvalue weighted by Crippen LogP contribution is -2.37. The molecule has 0 atom stereocenters. The summed E-state index contributed by atoms with van der Waals surface area (Å²) in [6, 6.07) is 18.6. The van der Waals surface area contributed by atoms with E-state index >= 15 is 0 Å². The number of amides is 3. The summed E-state index contributed by atoms with van der Waals surface area (Å²) in [6.45, 7) is 3.80. The molecule has 0 bridgehead atoms. The van der Waals surface area contributed by atoms with Gasteiger partial charge in [-0.25, -0.2) is 5.43 Å². The Bertz CT molecular complexity index is 1340. The smallest absolute Gasteiger partial charge is 0.418 e. The molecular weight excluding hydrogens is 513 g/mol. The quantitative estimate of drug-likeness (QED) is 0.209. The maximum absolute atomic E-state index is 13.1. The standard InChI is InChI=1S/C28H27F3N4O4/c1-18(2)21-12-10-19(11-13-21)15-32-26(37)27(38)35-33-16-20-6-5-7-22(14-20)39-17-25(36)34-24-9-4-3-8-23(24)28(29,30)31/h3-14,16,18H,15,17H2,1-2H3,(H,32,37)(H,34,36)(H,35,38)/b33-16-. The molecule has 0 spiro atoms. The highest BCUT2D eigenvalue weighted by Crippen LogP contribution is 2.34. The number of nitrogens with zero attached hydrogens (tertiary/aromatic N) is 1.